The molecule has 1 aliphatic rings. The highest BCUT2D eigenvalue weighted by atomic mass is 16.4. The fraction of sp³-hybridized carbons (Fsp3) is 0.857. The van der Waals surface area contributed by atoms with Crippen molar-refractivity contribution in [3.05, 3.63) is 0 Å². The summed E-state index contributed by atoms with van der Waals surface area (Å²) in [5, 5.41) is 11.6. The molecule has 2 N–H and O–H groups in total. The Hall–Kier alpha value is -0.570. The maximum Gasteiger partial charge on any atom is 0.320 e. The molecule has 0 aliphatic carbocycles. The smallest absolute Gasteiger partial charge is 0.320 e. The second-order valence-corrected chi connectivity index (χ2v) is 2.74. The van der Waals surface area contributed by atoms with Gasteiger partial charge in [0.1, 0.15) is 6.04 Å². The molecule has 1 unspecified atom stereocenters. The van der Waals surface area contributed by atoms with Crippen LogP contribution in [0.25, 0.3) is 0 Å². The maximum absolute atomic E-state index is 10.4. The van der Waals surface area contributed by atoms with Crippen LogP contribution in [0.3, 0.4) is 0 Å². The van der Waals surface area contributed by atoms with Crippen molar-refractivity contribution < 1.29 is 9.90 Å². The number of carboxylic acid groups (broad SMARTS) is 1. The van der Waals surface area contributed by atoms with Gasteiger partial charge in [0.15, 0.2) is 0 Å². The van der Waals surface area contributed by atoms with Crippen molar-refractivity contribution in [3.63, 3.8) is 0 Å². The molecule has 0 amide bonds. The van der Waals surface area contributed by atoms with E-state index in [-0.39, 0.29) is 6.04 Å². The van der Waals surface area contributed by atoms with E-state index in [1.54, 1.807) is 0 Å². The van der Waals surface area contributed by atoms with Crippen molar-refractivity contribution in [2.75, 3.05) is 0 Å². The molecule has 0 saturated carbocycles. The molecule has 0 bridgehead atoms. The maximum atomic E-state index is 10.4. The number of aliphatic carboxylic acids is 1. The van der Waals surface area contributed by atoms with Crippen LogP contribution in [0, 0.1) is 0 Å². The molecule has 0 spiro atoms. The molecule has 2 atom stereocenters. The average molecular weight is 143 g/mol. The lowest BCUT2D eigenvalue weighted by molar-refractivity contribution is -0.139. The van der Waals surface area contributed by atoms with Crippen LogP contribution in [-0.4, -0.2) is 23.2 Å². The van der Waals surface area contributed by atoms with Gasteiger partial charge >= 0.3 is 5.97 Å². The minimum Gasteiger partial charge on any atom is -0.480 e. The summed E-state index contributed by atoms with van der Waals surface area (Å²) in [4.78, 5) is 10.4. The molecule has 0 radical (unpaired) electrons. The van der Waals surface area contributed by atoms with Crippen LogP contribution in [0.2, 0.25) is 0 Å². The zero-order chi connectivity index (χ0) is 7.56. The Labute approximate surface area is 60.4 Å². The summed E-state index contributed by atoms with van der Waals surface area (Å²) < 4.78 is 0. The number of hydrogen-bond donors (Lipinski definition) is 2. The van der Waals surface area contributed by atoms with E-state index >= 15 is 0 Å². The largest absolute Gasteiger partial charge is 0.480 e. The van der Waals surface area contributed by atoms with Crippen molar-refractivity contribution in [3.8, 4) is 0 Å². The van der Waals surface area contributed by atoms with Gasteiger partial charge < -0.3 is 10.4 Å². The van der Waals surface area contributed by atoms with Gasteiger partial charge in [-0.3, -0.25) is 4.79 Å². The fourth-order valence-electron chi connectivity index (χ4n) is 1.34. The number of hydrogen-bond acceptors (Lipinski definition) is 2. The van der Waals surface area contributed by atoms with Crippen LogP contribution in [0.4, 0.5) is 0 Å². The Bertz CT molecular complexity index is 136. The molecule has 1 fully saturated rings. The van der Waals surface area contributed by atoms with Gasteiger partial charge in [0.2, 0.25) is 0 Å². The summed E-state index contributed by atoms with van der Waals surface area (Å²) in [6.45, 7) is 2.07. The zero-order valence-corrected chi connectivity index (χ0v) is 6.13. The molecule has 58 valence electrons. The van der Waals surface area contributed by atoms with Crippen LogP contribution in [0.15, 0.2) is 0 Å². The highest BCUT2D eigenvalue weighted by Crippen LogP contribution is 2.14. The lowest BCUT2D eigenvalue weighted by atomic mass is 10.1. The number of rotatable bonds is 2. The standard InChI is InChI=1S/C7H13NO2/c1-2-5-3-4-6(8-5)7(9)10/h5-6,8H,2-4H2,1H3,(H,9,10)/t5?,6-/m0/s1. The molecule has 0 aromatic rings. The third kappa shape index (κ3) is 1.48. The van der Waals surface area contributed by atoms with Gasteiger partial charge in [-0.15, -0.1) is 0 Å². The Kier molecular flexibility index (Phi) is 2.27. The highest BCUT2D eigenvalue weighted by molar-refractivity contribution is 5.73. The van der Waals surface area contributed by atoms with Gasteiger partial charge in [0.05, 0.1) is 0 Å². The third-order valence-electron chi connectivity index (χ3n) is 2.03. The third-order valence-corrected chi connectivity index (χ3v) is 2.03. The van der Waals surface area contributed by atoms with Gasteiger partial charge in [-0.25, -0.2) is 0 Å². The lowest BCUT2D eigenvalue weighted by Crippen LogP contribution is -2.34. The number of carbonyl (C=O) groups is 1. The van der Waals surface area contributed by atoms with Crippen LogP contribution in [0.5, 0.6) is 0 Å². The molecule has 1 rings (SSSR count). The van der Waals surface area contributed by atoms with E-state index in [0.717, 1.165) is 19.3 Å². The molecule has 1 aliphatic heterocycles. The molecule has 1 saturated heterocycles. The first-order valence-corrected chi connectivity index (χ1v) is 3.73. The minimum absolute atomic E-state index is 0.287. The summed E-state index contributed by atoms with van der Waals surface area (Å²) >= 11 is 0. The van der Waals surface area contributed by atoms with E-state index in [2.05, 4.69) is 12.2 Å². The molecule has 3 heteroatoms. The second-order valence-electron chi connectivity index (χ2n) is 2.74. The Balaban J connectivity index is 2.35. The van der Waals surface area contributed by atoms with E-state index in [9.17, 15) is 4.79 Å². The fourth-order valence-corrected chi connectivity index (χ4v) is 1.34. The minimum atomic E-state index is -0.712. The van der Waals surface area contributed by atoms with Crippen molar-refractivity contribution in [1.29, 1.82) is 0 Å². The number of nitrogens with one attached hydrogen (secondary N) is 1. The molecule has 3 nitrogen and oxygen atoms in total. The van der Waals surface area contributed by atoms with Crippen molar-refractivity contribution in [2.45, 2.75) is 38.3 Å². The first-order valence-electron chi connectivity index (χ1n) is 3.73. The molecule has 10 heavy (non-hydrogen) atoms. The summed E-state index contributed by atoms with van der Waals surface area (Å²) in [6.07, 6.45) is 2.82. The second kappa shape index (κ2) is 3.01. The Morgan fingerprint density at radius 1 is 1.70 bits per heavy atom. The van der Waals surface area contributed by atoms with Gasteiger partial charge in [-0.1, -0.05) is 6.92 Å². The van der Waals surface area contributed by atoms with E-state index < -0.39 is 5.97 Å². The van der Waals surface area contributed by atoms with Gasteiger partial charge in [-0.05, 0) is 19.3 Å². The Morgan fingerprint density at radius 3 is 2.70 bits per heavy atom. The Morgan fingerprint density at radius 2 is 2.40 bits per heavy atom. The van der Waals surface area contributed by atoms with Crippen molar-refractivity contribution >= 4 is 5.97 Å². The first kappa shape index (κ1) is 7.54. The molecule has 1 heterocycles. The van der Waals surface area contributed by atoms with Crippen molar-refractivity contribution in [1.82, 2.24) is 5.32 Å². The lowest BCUT2D eigenvalue weighted by Gasteiger charge is -2.07. The van der Waals surface area contributed by atoms with E-state index in [1.807, 2.05) is 0 Å². The summed E-state index contributed by atoms with van der Waals surface area (Å²) in [7, 11) is 0. The monoisotopic (exact) mass is 143 g/mol. The van der Waals surface area contributed by atoms with E-state index in [0.29, 0.717) is 6.04 Å². The van der Waals surface area contributed by atoms with Crippen LogP contribution < -0.4 is 5.32 Å². The van der Waals surface area contributed by atoms with Crippen LogP contribution in [-0.2, 0) is 4.79 Å². The van der Waals surface area contributed by atoms with Crippen LogP contribution >= 0.6 is 0 Å². The summed E-state index contributed by atoms with van der Waals surface area (Å²) in [6, 6.07) is 0.144. The van der Waals surface area contributed by atoms with Gasteiger partial charge in [-0.2, -0.15) is 0 Å². The van der Waals surface area contributed by atoms with E-state index in [1.165, 1.54) is 0 Å². The van der Waals surface area contributed by atoms with Crippen LogP contribution in [0.1, 0.15) is 26.2 Å². The first-order chi connectivity index (χ1) is 4.74. The zero-order valence-electron chi connectivity index (χ0n) is 6.13. The highest BCUT2D eigenvalue weighted by Gasteiger charge is 2.26. The topological polar surface area (TPSA) is 49.3 Å². The average Bonchev–Trinajstić information content (AvgIpc) is 2.34. The predicted octanol–water partition coefficient (Wildman–Crippen LogP) is 0.602. The predicted molar refractivity (Wildman–Crippen MR) is 37.9 cm³/mol. The van der Waals surface area contributed by atoms with Crippen molar-refractivity contribution in [2.24, 2.45) is 0 Å². The van der Waals surface area contributed by atoms with Gasteiger partial charge in [0, 0.05) is 6.04 Å². The molecular formula is C7H13NO2. The molecular weight excluding hydrogens is 130 g/mol. The summed E-state index contributed by atoms with van der Waals surface area (Å²) in [5.41, 5.74) is 0. The molecule has 0 aromatic carbocycles. The van der Waals surface area contributed by atoms with E-state index in [4.69, 9.17) is 5.11 Å². The SMILES string of the molecule is CCC1CC[C@@H](C(=O)O)N1. The quantitative estimate of drug-likeness (QED) is 0.595. The molecule has 0 aromatic heterocycles. The normalized spacial score (nSPS) is 32.5. The van der Waals surface area contributed by atoms with Gasteiger partial charge in [0.25, 0.3) is 0 Å². The number of carboxylic acids is 1. The summed E-state index contributed by atoms with van der Waals surface area (Å²) in [5.74, 6) is -0.712.